The van der Waals surface area contributed by atoms with Crippen molar-refractivity contribution in [3.63, 3.8) is 0 Å². The van der Waals surface area contributed by atoms with Gasteiger partial charge in [-0.25, -0.2) is 0 Å². The molecule has 0 aromatic carbocycles. The van der Waals surface area contributed by atoms with Crippen molar-refractivity contribution in [2.24, 2.45) is 0 Å². The zero-order valence-electron chi connectivity index (χ0n) is 8.87. The quantitative estimate of drug-likeness (QED) is 0.552. The summed E-state index contributed by atoms with van der Waals surface area (Å²) in [4.78, 5) is 2.41. The zero-order chi connectivity index (χ0) is 9.52. The van der Waals surface area contributed by atoms with Crippen LogP contribution in [0.25, 0.3) is 0 Å². The van der Waals surface area contributed by atoms with Gasteiger partial charge in [-0.1, -0.05) is 30.7 Å². The molecule has 0 N–H and O–H groups in total. The molecule has 0 aromatic rings. The highest BCUT2D eigenvalue weighted by Gasteiger charge is 2.04. The van der Waals surface area contributed by atoms with Crippen LogP contribution in [-0.2, 0) is 0 Å². The number of nitrogens with zero attached hydrogens (tertiary/aromatic N) is 1. The summed E-state index contributed by atoms with van der Waals surface area (Å²) in [6.45, 7) is 3.48. The van der Waals surface area contributed by atoms with Crippen LogP contribution in [0.2, 0.25) is 0 Å². The van der Waals surface area contributed by atoms with Crippen molar-refractivity contribution < 1.29 is 0 Å². The van der Waals surface area contributed by atoms with E-state index in [-0.39, 0.29) is 0 Å². The first-order valence-corrected chi connectivity index (χ1v) is 5.34. The molecule has 13 heavy (non-hydrogen) atoms. The third-order valence-corrected chi connectivity index (χ3v) is 2.71. The van der Waals surface area contributed by atoms with Gasteiger partial charge in [0, 0.05) is 6.04 Å². The van der Waals surface area contributed by atoms with Gasteiger partial charge in [0.2, 0.25) is 0 Å². The van der Waals surface area contributed by atoms with Crippen LogP contribution >= 0.6 is 0 Å². The van der Waals surface area contributed by atoms with Gasteiger partial charge in [0.05, 0.1) is 0 Å². The van der Waals surface area contributed by atoms with E-state index >= 15 is 0 Å². The Bertz CT molecular complexity index is 182. The molecule has 1 nitrogen and oxygen atoms in total. The molecule has 0 radical (unpaired) electrons. The smallest absolute Gasteiger partial charge is 0.0249 e. The van der Waals surface area contributed by atoms with Gasteiger partial charge in [0.25, 0.3) is 0 Å². The lowest BCUT2D eigenvalue weighted by atomic mass is 10.2. The highest BCUT2D eigenvalue weighted by Crippen LogP contribution is 2.06. The monoisotopic (exact) mass is 179 g/mol. The standard InChI is InChI=1S/C12H21N/c1-12-10-8-6-4-3-5-7-9-11-13(12)2/h4,6,8,10,12H,3,5,7,9,11H2,1-2H3/b6-4-,10-8-. The molecule has 1 unspecified atom stereocenters. The normalized spacial score (nSPS) is 32.0. The Balaban J connectivity index is 2.47. The third kappa shape index (κ3) is 4.28. The number of rotatable bonds is 0. The van der Waals surface area contributed by atoms with Crippen molar-refractivity contribution in [1.29, 1.82) is 0 Å². The Morgan fingerprint density at radius 3 is 2.85 bits per heavy atom. The Kier molecular flexibility index (Phi) is 4.84. The second kappa shape index (κ2) is 5.98. The summed E-state index contributed by atoms with van der Waals surface area (Å²) in [7, 11) is 2.20. The molecule has 1 heteroatoms. The lowest BCUT2D eigenvalue weighted by Gasteiger charge is -2.21. The minimum Gasteiger partial charge on any atom is -0.300 e. The molecule has 1 atom stereocenters. The Hall–Kier alpha value is -0.560. The first-order valence-electron chi connectivity index (χ1n) is 5.34. The van der Waals surface area contributed by atoms with Crippen LogP contribution in [0.3, 0.4) is 0 Å². The molecular formula is C12H21N. The van der Waals surface area contributed by atoms with Gasteiger partial charge in [0.1, 0.15) is 0 Å². The van der Waals surface area contributed by atoms with E-state index in [0.717, 1.165) is 0 Å². The van der Waals surface area contributed by atoms with E-state index in [1.807, 2.05) is 0 Å². The molecule has 0 fully saturated rings. The molecule has 1 heterocycles. The number of allylic oxidation sites excluding steroid dienone is 3. The molecule has 0 bridgehead atoms. The fourth-order valence-corrected chi connectivity index (χ4v) is 1.55. The number of hydrogen-bond donors (Lipinski definition) is 0. The van der Waals surface area contributed by atoms with E-state index < -0.39 is 0 Å². The fourth-order valence-electron chi connectivity index (χ4n) is 1.55. The summed E-state index contributed by atoms with van der Waals surface area (Å²) >= 11 is 0. The topological polar surface area (TPSA) is 3.24 Å². The van der Waals surface area contributed by atoms with Gasteiger partial charge >= 0.3 is 0 Å². The largest absolute Gasteiger partial charge is 0.300 e. The summed E-state index contributed by atoms with van der Waals surface area (Å²) in [5, 5.41) is 0. The SMILES string of the molecule is CC1/C=C\C=C/CCCCCN1C. The van der Waals surface area contributed by atoms with E-state index in [1.165, 1.54) is 32.2 Å². The maximum atomic E-state index is 2.41. The lowest BCUT2D eigenvalue weighted by Crippen LogP contribution is -2.28. The van der Waals surface area contributed by atoms with E-state index in [4.69, 9.17) is 0 Å². The summed E-state index contributed by atoms with van der Waals surface area (Å²) in [5.74, 6) is 0. The maximum absolute atomic E-state index is 2.41. The second-order valence-corrected chi connectivity index (χ2v) is 3.88. The van der Waals surface area contributed by atoms with Crippen molar-refractivity contribution in [1.82, 2.24) is 4.90 Å². The van der Waals surface area contributed by atoms with Crippen molar-refractivity contribution in [2.75, 3.05) is 13.6 Å². The van der Waals surface area contributed by atoms with Crippen LogP contribution in [0.1, 0.15) is 32.6 Å². The highest BCUT2D eigenvalue weighted by atomic mass is 15.1. The molecule has 1 aliphatic heterocycles. The predicted octanol–water partition coefficient (Wildman–Crippen LogP) is 2.99. The molecule has 0 saturated carbocycles. The molecule has 0 spiro atoms. The van der Waals surface area contributed by atoms with E-state index in [0.29, 0.717) is 6.04 Å². The average molecular weight is 179 g/mol. The summed E-state index contributed by atoms with van der Waals surface area (Å²) in [6.07, 6.45) is 14.2. The molecule has 1 rings (SSSR count). The van der Waals surface area contributed by atoms with Crippen LogP contribution < -0.4 is 0 Å². The fraction of sp³-hybridized carbons (Fsp3) is 0.667. The van der Waals surface area contributed by atoms with Gasteiger partial charge in [-0.2, -0.15) is 0 Å². The number of hydrogen-bond acceptors (Lipinski definition) is 1. The van der Waals surface area contributed by atoms with E-state index in [1.54, 1.807) is 0 Å². The summed E-state index contributed by atoms with van der Waals surface area (Å²) in [6, 6.07) is 0.572. The van der Waals surface area contributed by atoms with Gasteiger partial charge < -0.3 is 4.90 Å². The van der Waals surface area contributed by atoms with E-state index in [2.05, 4.69) is 43.2 Å². The van der Waals surface area contributed by atoms with E-state index in [9.17, 15) is 0 Å². The van der Waals surface area contributed by atoms with Crippen molar-refractivity contribution in [3.05, 3.63) is 24.3 Å². The first-order chi connectivity index (χ1) is 6.30. The Labute approximate surface area is 82.1 Å². The van der Waals surface area contributed by atoms with Crippen LogP contribution in [0.5, 0.6) is 0 Å². The molecule has 0 aromatic heterocycles. The molecular weight excluding hydrogens is 158 g/mol. The van der Waals surface area contributed by atoms with Crippen LogP contribution in [0.15, 0.2) is 24.3 Å². The molecule has 0 saturated heterocycles. The minimum absolute atomic E-state index is 0.572. The van der Waals surface area contributed by atoms with Crippen molar-refractivity contribution in [2.45, 2.75) is 38.6 Å². The molecule has 74 valence electrons. The molecule has 1 aliphatic rings. The Morgan fingerprint density at radius 2 is 2.00 bits per heavy atom. The Morgan fingerprint density at radius 1 is 1.15 bits per heavy atom. The number of likely N-dealkylation sites (N-methyl/N-ethyl adjacent to an activating group) is 1. The zero-order valence-corrected chi connectivity index (χ0v) is 8.87. The van der Waals surface area contributed by atoms with Gasteiger partial charge in [0.15, 0.2) is 0 Å². The second-order valence-electron chi connectivity index (χ2n) is 3.88. The maximum Gasteiger partial charge on any atom is 0.0249 e. The lowest BCUT2D eigenvalue weighted by molar-refractivity contribution is 0.290. The predicted molar refractivity (Wildman–Crippen MR) is 58.8 cm³/mol. The van der Waals surface area contributed by atoms with Crippen LogP contribution in [0.4, 0.5) is 0 Å². The molecule has 0 amide bonds. The van der Waals surface area contributed by atoms with Crippen molar-refractivity contribution >= 4 is 0 Å². The average Bonchev–Trinajstić information content (AvgIpc) is 2.16. The van der Waals surface area contributed by atoms with Crippen LogP contribution in [-0.4, -0.2) is 24.5 Å². The van der Waals surface area contributed by atoms with Gasteiger partial charge in [-0.05, 0) is 39.8 Å². The van der Waals surface area contributed by atoms with Gasteiger partial charge in [-0.15, -0.1) is 0 Å². The summed E-state index contributed by atoms with van der Waals surface area (Å²) < 4.78 is 0. The third-order valence-electron chi connectivity index (χ3n) is 2.71. The minimum atomic E-state index is 0.572. The summed E-state index contributed by atoms with van der Waals surface area (Å²) in [5.41, 5.74) is 0. The van der Waals surface area contributed by atoms with Gasteiger partial charge in [-0.3, -0.25) is 0 Å². The van der Waals surface area contributed by atoms with Crippen LogP contribution in [0, 0.1) is 0 Å². The highest BCUT2D eigenvalue weighted by molar-refractivity contribution is 5.05. The van der Waals surface area contributed by atoms with Crippen molar-refractivity contribution in [3.8, 4) is 0 Å². The molecule has 0 aliphatic carbocycles. The first kappa shape index (κ1) is 10.5.